The smallest absolute Gasteiger partial charge is 0.251 e. The van der Waals surface area contributed by atoms with Gasteiger partial charge in [0.1, 0.15) is 11.6 Å². The summed E-state index contributed by atoms with van der Waals surface area (Å²) in [4.78, 5) is 25.8. The number of nitrogens with zero attached hydrogens (tertiary/aromatic N) is 1. The van der Waals surface area contributed by atoms with Crippen LogP contribution in [-0.4, -0.2) is 24.4 Å². The fourth-order valence-electron chi connectivity index (χ4n) is 2.63. The van der Waals surface area contributed by atoms with Crippen LogP contribution < -0.4 is 10.2 Å². The molecule has 4 nitrogen and oxygen atoms in total. The highest BCUT2D eigenvalue weighted by Crippen LogP contribution is 2.23. The predicted molar refractivity (Wildman–Crippen MR) is 86.0 cm³/mol. The molecule has 0 saturated carbocycles. The lowest BCUT2D eigenvalue weighted by Gasteiger charge is -2.17. The van der Waals surface area contributed by atoms with Crippen molar-refractivity contribution in [1.29, 1.82) is 0 Å². The van der Waals surface area contributed by atoms with Crippen LogP contribution in [0, 0.1) is 11.6 Å². The minimum absolute atomic E-state index is 0.117. The second-order valence-corrected chi connectivity index (χ2v) is 5.95. The van der Waals surface area contributed by atoms with E-state index in [1.165, 1.54) is 4.90 Å². The molecule has 1 aliphatic rings. The lowest BCUT2D eigenvalue weighted by molar-refractivity contribution is -0.117. The Balaban J connectivity index is 1.69. The zero-order chi connectivity index (χ0) is 17.3. The largest absolute Gasteiger partial charge is 0.347 e. The van der Waals surface area contributed by atoms with Crippen LogP contribution in [0.15, 0.2) is 42.5 Å². The molecule has 0 spiro atoms. The van der Waals surface area contributed by atoms with E-state index in [9.17, 15) is 18.4 Å². The van der Waals surface area contributed by atoms with Gasteiger partial charge in [0.15, 0.2) is 0 Å². The van der Waals surface area contributed by atoms with Gasteiger partial charge in [-0.25, -0.2) is 8.78 Å². The van der Waals surface area contributed by atoms with Crippen LogP contribution in [-0.2, 0) is 4.79 Å². The van der Waals surface area contributed by atoms with Crippen LogP contribution in [0.3, 0.4) is 0 Å². The molecule has 2 amide bonds. The fourth-order valence-corrected chi connectivity index (χ4v) is 2.75. The molecule has 1 heterocycles. The summed E-state index contributed by atoms with van der Waals surface area (Å²) in [6.07, 6.45) is 0.117. The van der Waals surface area contributed by atoms with Gasteiger partial charge in [-0.15, -0.1) is 0 Å². The molecule has 2 aromatic carbocycles. The summed E-state index contributed by atoms with van der Waals surface area (Å²) in [5.41, 5.74) is 0.558. The van der Waals surface area contributed by atoms with Crippen molar-refractivity contribution < 1.29 is 18.4 Å². The summed E-state index contributed by atoms with van der Waals surface area (Å²) in [6, 6.07) is 8.93. The number of hydrogen-bond donors (Lipinski definition) is 1. The number of carbonyl (C=O) groups excluding carboxylic acids is 2. The van der Waals surface area contributed by atoms with Gasteiger partial charge >= 0.3 is 0 Å². The van der Waals surface area contributed by atoms with Gasteiger partial charge in [0.05, 0.1) is 6.04 Å². The molecule has 2 aromatic rings. The van der Waals surface area contributed by atoms with Gasteiger partial charge in [-0.2, -0.15) is 0 Å². The Hall–Kier alpha value is -2.47. The van der Waals surface area contributed by atoms with Crippen LogP contribution in [0.25, 0.3) is 0 Å². The monoisotopic (exact) mass is 350 g/mol. The quantitative estimate of drug-likeness (QED) is 0.924. The third-order valence-corrected chi connectivity index (χ3v) is 3.98. The van der Waals surface area contributed by atoms with Crippen molar-refractivity contribution in [1.82, 2.24) is 5.32 Å². The zero-order valence-electron chi connectivity index (χ0n) is 12.4. The third-order valence-electron chi connectivity index (χ3n) is 3.72. The van der Waals surface area contributed by atoms with E-state index in [4.69, 9.17) is 11.6 Å². The molecule has 124 valence electrons. The van der Waals surface area contributed by atoms with E-state index >= 15 is 0 Å². The SMILES string of the molecule is O=C(NC1CC(=O)N(c2ccc(Cl)cc2)C1)c1cc(F)cc(F)c1. The molecule has 1 fully saturated rings. The number of hydrogen-bond acceptors (Lipinski definition) is 2. The molecule has 24 heavy (non-hydrogen) atoms. The van der Waals surface area contributed by atoms with Crippen molar-refractivity contribution in [2.45, 2.75) is 12.5 Å². The van der Waals surface area contributed by atoms with E-state index in [2.05, 4.69) is 5.32 Å². The highest BCUT2D eigenvalue weighted by Gasteiger charge is 2.31. The van der Waals surface area contributed by atoms with E-state index in [0.29, 0.717) is 16.8 Å². The number of halogens is 3. The first kappa shape index (κ1) is 16.4. The van der Waals surface area contributed by atoms with Gasteiger partial charge in [-0.05, 0) is 36.4 Å². The summed E-state index contributed by atoms with van der Waals surface area (Å²) >= 11 is 5.82. The zero-order valence-corrected chi connectivity index (χ0v) is 13.2. The van der Waals surface area contributed by atoms with Gasteiger partial charge < -0.3 is 10.2 Å². The Morgan fingerprint density at radius 1 is 1.12 bits per heavy atom. The lowest BCUT2D eigenvalue weighted by Crippen LogP contribution is -2.37. The Kier molecular flexibility index (Phi) is 4.49. The topological polar surface area (TPSA) is 49.4 Å². The summed E-state index contributed by atoms with van der Waals surface area (Å²) in [7, 11) is 0. The third kappa shape index (κ3) is 3.54. The first-order chi connectivity index (χ1) is 11.4. The molecule has 7 heteroatoms. The molecule has 1 atom stereocenters. The Bertz CT molecular complexity index is 775. The molecule has 1 aliphatic heterocycles. The van der Waals surface area contributed by atoms with Crippen molar-refractivity contribution in [3.63, 3.8) is 0 Å². The predicted octanol–water partition coefficient (Wildman–Crippen LogP) is 3.15. The summed E-state index contributed by atoms with van der Waals surface area (Å²) in [6.45, 7) is 0.282. The van der Waals surface area contributed by atoms with Crippen LogP contribution in [0.1, 0.15) is 16.8 Å². The second-order valence-electron chi connectivity index (χ2n) is 5.51. The highest BCUT2D eigenvalue weighted by molar-refractivity contribution is 6.30. The Morgan fingerprint density at radius 3 is 2.38 bits per heavy atom. The second kappa shape index (κ2) is 6.57. The van der Waals surface area contributed by atoms with E-state index in [1.54, 1.807) is 24.3 Å². The maximum atomic E-state index is 13.2. The fraction of sp³-hybridized carbons (Fsp3) is 0.176. The minimum Gasteiger partial charge on any atom is -0.347 e. The molecule has 0 bridgehead atoms. The maximum absolute atomic E-state index is 13.2. The van der Waals surface area contributed by atoms with Crippen molar-refractivity contribution >= 4 is 29.1 Å². The first-order valence-electron chi connectivity index (χ1n) is 7.25. The molecule has 3 rings (SSSR count). The van der Waals surface area contributed by atoms with Gasteiger partial charge in [0, 0.05) is 35.3 Å². The molecule has 1 saturated heterocycles. The molecule has 0 aromatic heterocycles. The molecule has 1 N–H and O–H groups in total. The summed E-state index contributed by atoms with van der Waals surface area (Å²) < 4.78 is 26.4. The minimum atomic E-state index is -0.828. The molecular weight excluding hydrogens is 338 g/mol. The van der Waals surface area contributed by atoms with Crippen LogP contribution in [0.4, 0.5) is 14.5 Å². The van der Waals surface area contributed by atoms with E-state index in [-0.39, 0.29) is 24.4 Å². The molecule has 1 unspecified atom stereocenters. The van der Waals surface area contributed by atoms with E-state index in [0.717, 1.165) is 12.1 Å². The summed E-state index contributed by atoms with van der Waals surface area (Å²) in [5.74, 6) is -2.42. The van der Waals surface area contributed by atoms with E-state index in [1.807, 2.05) is 0 Å². The number of amides is 2. The van der Waals surface area contributed by atoms with Crippen LogP contribution in [0.5, 0.6) is 0 Å². The highest BCUT2D eigenvalue weighted by atomic mass is 35.5. The van der Waals surface area contributed by atoms with Gasteiger partial charge in [0.2, 0.25) is 5.91 Å². The standard InChI is InChI=1S/C17H13ClF2N2O2/c18-11-1-3-15(4-2-11)22-9-14(8-16(22)23)21-17(24)10-5-12(19)7-13(20)6-10/h1-7,14H,8-9H2,(H,21,24). The van der Waals surface area contributed by atoms with E-state index < -0.39 is 23.6 Å². The van der Waals surface area contributed by atoms with Crippen LogP contribution >= 0.6 is 11.6 Å². The molecular formula is C17H13ClF2N2O2. The van der Waals surface area contributed by atoms with Crippen molar-refractivity contribution in [3.8, 4) is 0 Å². The maximum Gasteiger partial charge on any atom is 0.251 e. The van der Waals surface area contributed by atoms with Crippen molar-refractivity contribution in [2.75, 3.05) is 11.4 Å². The molecule has 0 radical (unpaired) electrons. The van der Waals surface area contributed by atoms with Gasteiger partial charge in [-0.1, -0.05) is 11.6 Å². The van der Waals surface area contributed by atoms with Gasteiger partial charge in [-0.3, -0.25) is 9.59 Å². The van der Waals surface area contributed by atoms with Gasteiger partial charge in [0.25, 0.3) is 5.91 Å². The molecule has 0 aliphatic carbocycles. The average Bonchev–Trinajstić information content (AvgIpc) is 2.87. The van der Waals surface area contributed by atoms with Crippen molar-refractivity contribution in [2.24, 2.45) is 0 Å². The Morgan fingerprint density at radius 2 is 1.75 bits per heavy atom. The normalized spacial score (nSPS) is 17.2. The number of benzene rings is 2. The number of rotatable bonds is 3. The first-order valence-corrected chi connectivity index (χ1v) is 7.63. The number of carbonyl (C=O) groups is 2. The summed E-state index contributed by atoms with van der Waals surface area (Å²) in [5, 5.41) is 3.19. The number of anilines is 1. The van der Waals surface area contributed by atoms with Crippen LogP contribution in [0.2, 0.25) is 5.02 Å². The Labute approximate surface area is 142 Å². The average molecular weight is 351 g/mol. The van der Waals surface area contributed by atoms with Crippen molar-refractivity contribution in [3.05, 3.63) is 64.7 Å². The number of nitrogens with one attached hydrogen (secondary N) is 1. The lowest BCUT2D eigenvalue weighted by atomic mass is 10.1.